The minimum Gasteiger partial charge on any atom is -0.494 e. The Kier molecular flexibility index (Phi) is 4.79. The Hall–Kier alpha value is -1.81. The van der Waals surface area contributed by atoms with Crippen LogP contribution in [0.5, 0.6) is 5.75 Å². The van der Waals surface area contributed by atoms with Gasteiger partial charge in [0.05, 0.1) is 19.3 Å². The Labute approximate surface area is 120 Å². The third-order valence-corrected chi connectivity index (χ3v) is 3.41. The van der Waals surface area contributed by atoms with Gasteiger partial charge in [-0.05, 0) is 51.1 Å². The maximum atomic E-state index is 5.72. The van der Waals surface area contributed by atoms with E-state index < -0.39 is 0 Å². The molecule has 0 bridgehead atoms. The molecule has 0 radical (unpaired) electrons. The molecule has 0 aliphatic rings. The molecule has 1 heterocycles. The molecule has 0 aliphatic carbocycles. The second-order valence-electron chi connectivity index (χ2n) is 5.03. The van der Waals surface area contributed by atoms with E-state index in [0.717, 1.165) is 17.9 Å². The summed E-state index contributed by atoms with van der Waals surface area (Å²) in [7, 11) is 1.97. The number of aryl methyl sites for hydroxylation is 1. The molecule has 0 saturated heterocycles. The summed E-state index contributed by atoms with van der Waals surface area (Å²) < 4.78 is 7.67. The number of rotatable bonds is 6. The lowest BCUT2D eigenvalue weighted by atomic mass is 10.0. The molecule has 1 aromatic carbocycles. The van der Waals surface area contributed by atoms with E-state index in [1.165, 1.54) is 11.1 Å². The second kappa shape index (κ2) is 6.57. The molecule has 0 saturated carbocycles. The number of ether oxygens (including phenoxy) is 1. The summed E-state index contributed by atoms with van der Waals surface area (Å²) in [6.07, 6.45) is 3.92. The number of hydrogen-bond acceptors (Lipinski definition) is 3. The van der Waals surface area contributed by atoms with Gasteiger partial charge in [0, 0.05) is 17.8 Å². The highest BCUT2D eigenvalue weighted by Crippen LogP contribution is 2.24. The number of nitrogens with zero attached hydrogens (tertiary/aromatic N) is 2. The first-order valence-electron chi connectivity index (χ1n) is 7.06. The van der Waals surface area contributed by atoms with Crippen LogP contribution >= 0.6 is 0 Å². The van der Waals surface area contributed by atoms with Crippen molar-refractivity contribution in [3.05, 3.63) is 47.3 Å². The molecule has 2 aromatic rings. The monoisotopic (exact) mass is 273 g/mol. The van der Waals surface area contributed by atoms with E-state index in [9.17, 15) is 0 Å². The molecule has 1 atom stereocenters. The van der Waals surface area contributed by atoms with Crippen molar-refractivity contribution in [2.75, 3.05) is 13.7 Å². The van der Waals surface area contributed by atoms with Crippen LogP contribution in [0.2, 0.25) is 0 Å². The fraction of sp³-hybridized carbons (Fsp3) is 0.438. The zero-order valence-corrected chi connectivity index (χ0v) is 12.7. The van der Waals surface area contributed by atoms with Crippen molar-refractivity contribution in [3.63, 3.8) is 0 Å². The molecule has 20 heavy (non-hydrogen) atoms. The van der Waals surface area contributed by atoms with Crippen LogP contribution in [-0.4, -0.2) is 23.4 Å². The summed E-state index contributed by atoms with van der Waals surface area (Å²) in [6.45, 7) is 7.61. The molecule has 108 valence electrons. The normalized spacial score (nSPS) is 12.4. The SMILES string of the molecule is CCOc1ccc(C(C)NC)cc1Cn1cc(C)cn1. The Morgan fingerprint density at radius 3 is 2.80 bits per heavy atom. The molecule has 4 nitrogen and oxygen atoms in total. The van der Waals surface area contributed by atoms with E-state index in [-0.39, 0.29) is 0 Å². The lowest BCUT2D eigenvalue weighted by Crippen LogP contribution is -2.13. The van der Waals surface area contributed by atoms with Crippen molar-refractivity contribution in [3.8, 4) is 5.75 Å². The first-order valence-corrected chi connectivity index (χ1v) is 7.06. The molecule has 4 heteroatoms. The fourth-order valence-corrected chi connectivity index (χ4v) is 2.18. The van der Waals surface area contributed by atoms with Crippen LogP contribution in [-0.2, 0) is 6.54 Å². The van der Waals surface area contributed by atoms with Crippen molar-refractivity contribution >= 4 is 0 Å². The second-order valence-corrected chi connectivity index (χ2v) is 5.03. The summed E-state index contributed by atoms with van der Waals surface area (Å²) in [5.41, 5.74) is 3.59. The average molecular weight is 273 g/mol. The zero-order valence-electron chi connectivity index (χ0n) is 12.7. The minimum atomic E-state index is 0.323. The van der Waals surface area contributed by atoms with E-state index in [1.807, 2.05) is 38.0 Å². The van der Waals surface area contributed by atoms with Crippen LogP contribution in [0.25, 0.3) is 0 Å². The maximum absolute atomic E-state index is 5.72. The lowest BCUT2D eigenvalue weighted by molar-refractivity contribution is 0.335. The van der Waals surface area contributed by atoms with Crippen molar-refractivity contribution in [1.82, 2.24) is 15.1 Å². The van der Waals surface area contributed by atoms with Gasteiger partial charge in [-0.1, -0.05) is 6.07 Å². The molecule has 0 aliphatic heterocycles. The summed E-state index contributed by atoms with van der Waals surface area (Å²) >= 11 is 0. The highest BCUT2D eigenvalue weighted by Gasteiger charge is 2.10. The van der Waals surface area contributed by atoms with E-state index in [0.29, 0.717) is 12.6 Å². The number of hydrogen-bond donors (Lipinski definition) is 1. The molecule has 1 aromatic heterocycles. The van der Waals surface area contributed by atoms with Crippen molar-refractivity contribution in [2.45, 2.75) is 33.4 Å². The van der Waals surface area contributed by atoms with Gasteiger partial charge in [-0.25, -0.2) is 0 Å². The van der Waals surface area contributed by atoms with Crippen LogP contribution in [0.4, 0.5) is 0 Å². The number of nitrogens with one attached hydrogen (secondary N) is 1. The van der Waals surface area contributed by atoms with E-state index in [1.54, 1.807) is 0 Å². The predicted molar refractivity (Wildman–Crippen MR) is 81.2 cm³/mol. The average Bonchev–Trinajstić information content (AvgIpc) is 2.85. The lowest BCUT2D eigenvalue weighted by Gasteiger charge is -2.16. The topological polar surface area (TPSA) is 39.1 Å². The first kappa shape index (κ1) is 14.6. The Morgan fingerprint density at radius 2 is 2.20 bits per heavy atom. The molecule has 0 fully saturated rings. The number of benzene rings is 1. The summed E-state index contributed by atoms with van der Waals surface area (Å²) in [5, 5.41) is 7.62. The minimum absolute atomic E-state index is 0.323. The van der Waals surface area contributed by atoms with Gasteiger partial charge in [-0.3, -0.25) is 4.68 Å². The van der Waals surface area contributed by atoms with Gasteiger partial charge in [0.1, 0.15) is 5.75 Å². The molecular weight excluding hydrogens is 250 g/mol. The molecule has 1 N–H and O–H groups in total. The molecular formula is C16H23N3O. The molecule has 0 amide bonds. The molecule has 2 rings (SSSR count). The predicted octanol–water partition coefficient (Wildman–Crippen LogP) is 2.92. The Bertz CT molecular complexity index is 563. The third-order valence-electron chi connectivity index (χ3n) is 3.41. The van der Waals surface area contributed by atoms with Crippen molar-refractivity contribution in [1.29, 1.82) is 0 Å². The van der Waals surface area contributed by atoms with Crippen LogP contribution in [0.3, 0.4) is 0 Å². The van der Waals surface area contributed by atoms with Crippen molar-refractivity contribution in [2.24, 2.45) is 0 Å². The summed E-state index contributed by atoms with van der Waals surface area (Å²) in [5.74, 6) is 0.938. The fourth-order valence-electron chi connectivity index (χ4n) is 2.18. The van der Waals surface area contributed by atoms with Gasteiger partial charge >= 0.3 is 0 Å². The van der Waals surface area contributed by atoms with Crippen LogP contribution < -0.4 is 10.1 Å². The molecule has 0 spiro atoms. The molecule has 1 unspecified atom stereocenters. The van der Waals surface area contributed by atoms with E-state index in [2.05, 4.69) is 35.5 Å². The van der Waals surface area contributed by atoms with Gasteiger partial charge in [0.2, 0.25) is 0 Å². The van der Waals surface area contributed by atoms with Crippen LogP contribution in [0.1, 0.15) is 36.6 Å². The van der Waals surface area contributed by atoms with Crippen molar-refractivity contribution < 1.29 is 4.74 Å². The maximum Gasteiger partial charge on any atom is 0.124 e. The van der Waals surface area contributed by atoms with Crippen LogP contribution in [0.15, 0.2) is 30.6 Å². The summed E-state index contributed by atoms with van der Waals surface area (Å²) in [4.78, 5) is 0. The first-order chi connectivity index (χ1) is 9.63. The zero-order chi connectivity index (χ0) is 14.5. The highest BCUT2D eigenvalue weighted by molar-refractivity contribution is 5.38. The Balaban J connectivity index is 2.30. The highest BCUT2D eigenvalue weighted by atomic mass is 16.5. The Morgan fingerprint density at radius 1 is 1.40 bits per heavy atom. The van der Waals surface area contributed by atoms with Gasteiger partial charge < -0.3 is 10.1 Å². The summed E-state index contributed by atoms with van der Waals surface area (Å²) in [6, 6.07) is 6.69. The van der Waals surface area contributed by atoms with Crippen LogP contribution in [0, 0.1) is 6.92 Å². The smallest absolute Gasteiger partial charge is 0.124 e. The number of aromatic nitrogens is 2. The van der Waals surface area contributed by atoms with E-state index >= 15 is 0 Å². The van der Waals surface area contributed by atoms with Gasteiger partial charge in [0.15, 0.2) is 0 Å². The standard InChI is InChI=1S/C16H23N3O/c1-5-20-16-7-6-14(13(3)17-4)8-15(16)11-19-10-12(2)9-18-19/h6-10,13,17H,5,11H2,1-4H3. The third kappa shape index (κ3) is 3.39. The van der Waals surface area contributed by atoms with E-state index in [4.69, 9.17) is 4.74 Å². The van der Waals surface area contributed by atoms with Gasteiger partial charge in [-0.15, -0.1) is 0 Å². The van der Waals surface area contributed by atoms with Gasteiger partial charge in [-0.2, -0.15) is 5.10 Å². The quantitative estimate of drug-likeness (QED) is 0.879. The van der Waals surface area contributed by atoms with Gasteiger partial charge in [0.25, 0.3) is 0 Å². The largest absolute Gasteiger partial charge is 0.494 e.